The van der Waals surface area contributed by atoms with Gasteiger partial charge in [-0.15, -0.1) is 0 Å². The molecule has 4 heteroatoms. The van der Waals surface area contributed by atoms with Gasteiger partial charge in [-0.25, -0.2) is 0 Å². The van der Waals surface area contributed by atoms with E-state index < -0.39 is 0 Å². The minimum absolute atomic E-state index is 0.243. The number of aromatic amines is 1. The van der Waals surface area contributed by atoms with Crippen LogP contribution in [-0.4, -0.2) is 25.2 Å². The number of rotatable bonds is 4. The van der Waals surface area contributed by atoms with Gasteiger partial charge in [0, 0.05) is 17.1 Å². The van der Waals surface area contributed by atoms with Crippen LogP contribution in [0.4, 0.5) is 0 Å². The van der Waals surface area contributed by atoms with Crippen molar-refractivity contribution in [2.24, 2.45) is 0 Å². The summed E-state index contributed by atoms with van der Waals surface area (Å²) >= 11 is 0. The summed E-state index contributed by atoms with van der Waals surface area (Å²) in [6, 6.07) is 14.1. The Bertz CT molecular complexity index is 820. The highest BCUT2D eigenvalue weighted by molar-refractivity contribution is 5.90. The first kappa shape index (κ1) is 14.2. The number of esters is 1. The van der Waals surface area contributed by atoms with Crippen molar-refractivity contribution in [3.63, 3.8) is 0 Å². The summed E-state index contributed by atoms with van der Waals surface area (Å²) in [5, 5.41) is 1.03. The zero-order chi connectivity index (χ0) is 15.5. The zero-order valence-electron chi connectivity index (χ0n) is 12.6. The van der Waals surface area contributed by atoms with Crippen molar-refractivity contribution < 1.29 is 14.3 Å². The van der Waals surface area contributed by atoms with Crippen LogP contribution in [0, 0.1) is 0 Å². The van der Waals surface area contributed by atoms with E-state index in [0.717, 1.165) is 33.3 Å². The van der Waals surface area contributed by atoms with Crippen LogP contribution in [0.3, 0.4) is 0 Å². The Balaban J connectivity index is 2.04. The lowest BCUT2D eigenvalue weighted by Gasteiger charge is -2.06. The Morgan fingerprint density at radius 2 is 1.91 bits per heavy atom. The maximum atomic E-state index is 11.5. The van der Waals surface area contributed by atoms with E-state index in [1.807, 2.05) is 36.5 Å². The maximum Gasteiger partial charge on any atom is 0.310 e. The van der Waals surface area contributed by atoms with Crippen LogP contribution < -0.4 is 4.74 Å². The van der Waals surface area contributed by atoms with E-state index in [0.29, 0.717) is 0 Å². The van der Waals surface area contributed by atoms with Gasteiger partial charge in [-0.05, 0) is 41.0 Å². The topological polar surface area (TPSA) is 51.3 Å². The van der Waals surface area contributed by atoms with Gasteiger partial charge in [0.2, 0.25) is 0 Å². The molecule has 3 rings (SSSR count). The second-order valence-electron chi connectivity index (χ2n) is 5.06. The molecule has 0 spiro atoms. The van der Waals surface area contributed by atoms with Crippen molar-refractivity contribution in [3.05, 3.63) is 54.2 Å². The quantitative estimate of drug-likeness (QED) is 0.749. The Kier molecular flexibility index (Phi) is 3.83. The summed E-state index contributed by atoms with van der Waals surface area (Å²) in [5.41, 5.74) is 4.10. The van der Waals surface area contributed by atoms with Gasteiger partial charge in [0.25, 0.3) is 0 Å². The van der Waals surface area contributed by atoms with Crippen LogP contribution in [0.5, 0.6) is 5.75 Å². The van der Waals surface area contributed by atoms with Crippen molar-refractivity contribution >= 4 is 16.9 Å². The molecule has 1 aromatic heterocycles. The van der Waals surface area contributed by atoms with Gasteiger partial charge in [0.05, 0.1) is 20.6 Å². The predicted octanol–water partition coefficient (Wildman–Crippen LogP) is 3.56. The molecule has 1 heterocycles. The molecule has 0 aliphatic carbocycles. The summed E-state index contributed by atoms with van der Waals surface area (Å²) in [5.74, 6) is 0.578. The predicted molar refractivity (Wildman–Crippen MR) is 86.0 cm³/mol. The van der Waals surface area contributed by atoms with Crippen LogP contribution in [0.2, 0.25) is 0 Å². The van der Waals surface area contributed by atoms with E-state index in [1.165, 1.54) is 7.11 Å². The number of ether oxygens (including phenoxy) is 2. The average molecular weight is 295 g/mol. The van der Waals surface area contributed by atoms with Crippen molar-refractivity contribution in [3.8, 4) is 16.9 Å². The molecule has 0 aliphatic rings. The van der Waals surface area contributed by atoms with Crippen molar-refractivity contribution in [1.29, 1.82) is 0 Å². The molecule has 112 valence electrons. The van der Waals surface area contributed by atoms with Crippen molar-refractivity contribution in [1.82, 2.24) is 4.98 Å². The second kappa shape index (κ2) is 5.93. The number of nitrogens with one attached hydrogen (secondary N) is 1. The third kappa shape index (κ3) is 2.68. The number of hydrogen-bond donors (Lipinski definition) is 1. The number of H-pyrrole nitrogens is 1. The van der Waals surface area contributed by atoms with Crippen LogP contribution >= 0.6 is 0 Å². The van der Waals surface area contributed by atoms with E-state index in [-0.39, 0.29) is 12.4 Å². The second-order valence-corrected chi connectivity index (χ2v) is 5.06. The lowest BCUT2D eigenvalue weighted by Crippen LogP contribution is -2.03. The fourth-order valence-corrected chi connectivity index (χ4v) is 2.53. The Labute approximate surface area is 128 Å². The molecule has 0 radical (unpaired) electrons. The van der Waals surface area contributed by atoms with Crippen LogP contribution in [0.25, 0.3) is 22.0 Å². The number of fused-ring (bicyclic) bond motifs is 1. The first-order chi connectivity index (χ1) is 10.7. The van der Waals surface area contributed by atoms with Gasteiger partial charge in [-0.1, -0.05) is 18.2 Å². The molecule has 2 aromatic carbocycles. The molecule has 1 N–H and O–H groups in total. The Morgan fingerprint density at radius 3 is 2.68 bits per heavy atom. The number of carbonyl (C=O) groups excluding carboxylic acids is 1. The number of carbonyl (C=O) groups is 1. The van der Waals surface area contributed by atoms with Gasteiger partial charge in [0.15, 0.2) is 0 Å². The number of methoxy groups -OCH3 is 2. The van der Waals surface area contributed by atoms with E-state index in [2.05, 4.69) is 17.1 Å². The number of aromatic nitrogens is 1. The largest absolute Gasteiger partial charge is 0.497 e. The monoisotopic (exact) mass is 295 g/mol. The standard InChI is InChI=1S/C18H17NO3/c1-21-15-5-3-4-12(8-15)13-6-7-17-16(9-13)14(11-19-17)10-18(20)22-2/h3-9,11,19H,10H2,1-2H3. The van der Waals surface area contributed by atoms with Crippen LogP contribution in [0.15, 0.2) is 48.7 Å². The van der Waals surface area contributed by atoms with Gasteiger partial charge in [0.1, 0.15) is 5.75 Å². The molecular weight excluding hydrogens is 278 g/mol. The lowest BCUT2D eigenvalue weighted by molar-refractivity contribution is -0.139. The third-order valence-electron chi connectivity index (χ3n) is 3.73. The zero-order valence-corrected chi connectivity index (χ0v) is 12.6. The first-order valence-corrected chi connectivity index (χ1v) is 7.02. The smallest absolute Gasteiger partial charge is 0.310 e. The highest BCUT2D eigenvalue weighted by Crippen LogP contribution is 2.28. The number of benzene rings is 2. The minimum Gasteiger partial charge on any atom is -0.497 e. The molecule has 0 atom stereocenters. The van der Waals surface area contributed by atoms with Crippen LogP contribution in [-0.2, 0) is 16.0 Å². The molecule has 3 aromatic rings. The van der Waals surface area contributed by atoms with Gasteiger partial charge < -0.3 is 14.5 Å². The molecule has 0 aliphatic heterocycles. The van der Waals surface area contributed by atoms with Crippen molar-refractivity contribution in [2.75, 3.05) is 14.2 Å². The highest BCUT2D eigenvalue weighted by Gasteiger charge is 2.10. The first-order valence-electron chi connectivity index (χ1n) is 7.02. The highest BCUT2D eigenvalue weighted by atomic mass is 16.5. The van der Waals surface area contributed by atoms with E-state index >= 15 is 0 Å². The molecule has 0 saturated carbocycles. The lowest BCUT2D eigenvalue weighted by atomic mass is 10.0. The summed E-state index contributed by atoms with van der Waals surface area (Å²) in [4.78, 5) is 14.7. The fraction of sp³-hybridized carbons (Fsp3) is 0.167. The summed E-state index contributed by atoms with van der Waals surface area (Å²) < 4.78 is 10.0. The fourth-order valence-electron chi connectivity index (χ4n) is 2.53. The molecule has 22 heavy (non-hydrogen) atoms. The summed E-state index contributed by atoms with van der Waals surface area (Å²) in [6.07, 6.45) is 2.12. The molecule has 0 saturated heterocycles. The van der Waals surface area contributed by atoms with E-state index in [4.69, 9.17) is 9.47 Å². The van der Waals surface area contributed by atoms with Crippen LogP contribution in [0.1, 0.15) is 5.56 Å². The minimum atomic E-state index is -0.243. The third-order valence-corrected chi connectivity index (χ3v) is 3.73. The Hall–Kier alpha value is -2.75. The molecular formula is C18H17NO3. The summed E-state index contributed by atoms with van der Waals surface area (Å²) in [7, 11) is 3.06. The molecule has 0 bridgehead atoms. The summed E-state index contributed by atoms with van der Waals surface area (Å²) in [6.45, 7) is 0. The SMILES string of the molecule is COC(=O)Cc1c[nH]c2ccc(-c3cccc(OC)c3)cc12. The molecule has 4 nitrogen and oxygen atoms in total. The molecule has 0 fully saturated rings. The maximum absolute atomic E-state index is 11.5. The average Bonchev–Trinajstić information content (AvgIpc) is 2.97. The Morgan fingerprint density at radius 1 is 1.09 bits per heavy atom. The van der Waals surface area contributed by atoms with E-state index in [1.54, 1.807) is 7.11 Å². The molecule has 0 unspecified atom stereocenters. The van der Waals surface area contributed by atoms with E-state index in [9.17, 15) is 4.79 Å². The van der Waals surface area contributed by atoms with Crippen molar-refractivity contribution in [2.45, 2.75) is 6.42 Å². The van der Waals surface area contributed by atoms with Gasteiger partial charge in [-0.3, -0.25) is 4.79 Å². The molecule has 0 amide bonds. The number of hydrogen-bond acceptors (Lipinski definition) is 3. The van der Waals surface area contributed by atoms with Gasteiger partial charge in [-0.2, -0.15) is 0 Å². The normalized spacial score (nSPS) is 10.6. The van der Waals surface area contributed by atoms with Gasteiger partial charge >= 0.3 is 5.97 Å².